The van der Waals surface area contributed by atoms with E-state index in [1.807, 2.05) is 0 Å². The third kappa shape index (κ3) is 2.52. The second-order valence-electron chi connectivity index (χ2n) is 4.39. The molecule has 1 atom stereocenters. The van der Waals surface area contributed by atoms with Crippen molar-refractivity contribution in [1.82, 2.24) is 4.90 Å². The van der Waals surface area contributed by atoms with Crippen LogP contribution in [0.5, 0.6) is 0 Å². The monoisotopic (exact) mass is 227 g/mol. The fourth-order valence-corrected chi connectivity index (χ4v) is 2.11. The summed E-state index contributed by atoms with van der Waals surface area (Å²) in [5, 5.41) is 0. The van der Waals surface area contributed by atoms with E-state index in [9.17, 15) is 9.59 Å². The molecular weight excluding hydrogens is 210 g/mol. The van der Waals surface area contributed by atoms with E-state index in [1.54, 1.807) is 4.90 Å². The van der Waals surface area contributed by atoms with E-state index >= 15 is 0 Å². The minimum Gasteiger partial charge on any atom is -0.461 e. The number of rotatable bonds is 2. The first-order valence-electron chi connectivity index (χ1n) is 5.70. The SMILES string of the molecule is CC(=O)OC1CCCN(C(=O)C2COC2)C1. The van der Waals surface area contributed by atoms with Crippen LogP contribution < -0.4 is 0 Å². The van der Waals surface area contributed by atoms with Crippen molar-refractivity contribution in [1.29, 1.82) is 0 Å². The van der Waals surface area contributed by atoms with Crippen LogP contribution in [0.25, 0.3) is 0 Å². The highest BCUT2D eigenvalue weighted by Gasteiger charge is 2.33. The molecule has 0 aliphatic carbocycles. The number of amides is 1. The summed E-state index contributed by atoms with van der Waals surface area (Å²) in [6.45, 7) is 3.78. The summed E-state index contributed by atoms with van der Waals surface area (Å²) in [5.74, 6) is -0.106. The number of carbonyl (C=O) groups excluding carboxylic acids is 2. The van der Waals surface area contributed by atoms with Gasteiger partial charge in [0.25, 0.3) is 0 Å². The Morgan fingerprint density at radius 3 is 2.69 bits per heavy atom. The Kier molecular flexibility index (Phi) is 3.43. The highest BCUT2D eigenvalue weighted by atomic mass is 16.5. The highest BCUT2D eigenvalue weighted by Crippen LogP contribution is 2.19. The lowest BCUT2D eigenvalue weighted by Gasteiger charge is -2.36. The van der Waals surface area contributed by atoms with Gasteiger partial charge >= 0.3 is 5.97 Å². The summed E-state index contributed by atoms with van der Waals surface area (Å²) >= 11 is 0. The first-order chi connectivity index (χ1) is 7.66. The van der Waals surface area contributed by atoms with Gasteiger partial charge in [-0.3, -0.25) is 9.59 Å². The van der Waals surface area contributed by atoms with Gasteiger partial charge in [-0.15, -0.1) is 0 Å². The number of hydrogen-bond acceptors (Lipinski definition) is 4. The Morgan fingerprint density at radius 2 is 2.12 bits per heavy atom. The van der Waals surface area contributed by atoms with E-state index in [0.717, 1.165) is 19.4 Å². The molecule has 0 radical (unpaired) electrons. The molecule has 5 heteroatoms. The van der Waals surface area contributed by atoms with E-state index in [4.69, 9.17) is 9.47 Å². The normalized spacial score (nSPS) is 26.1. The summed E-state index contributed by atoms with van der Waals surface area (Å²) in [6.07, 6.45) is 1.62. The Labute approximate surface area is 94.7 Å². The molecule has 2 aliphatic heterocycles. The molecule has 2 saturated heterocycles. The molecule has 0 aromatic rings. The molecule has 90 valence electrons. The van der Waals surface area contributed by atoms with Gasteiger partial charge in [-0.2, -0.15) is 0 Å². The summed E-state index contributed by atoms with van der Waals surface area (Å²) < 4.78 is 10.1. The van der Waals surface area contributed by atoms with Crippen molar-refractivity contribution in [3.63, 3.8) is 0 Å². The molecule has 2 fully saturated rings. The van der Waals surface area contributed by atoms with Crippen LogP contribution in [0.4, 0.5) is 0 Å². The van der Waals surface area contributed by atoms with Crippen LogP contribution in [0, 0.1) is 5.92 Å². The number of nitrogens with zero attached hydrogens (tertiary/aromatic N) is 1. The van der Waals surface area contributed by atoms with E-state index < -0.39 is 0 Å². The Morgan fingerprint density at radius 1 is 1.38 bits per heavy atom. The summed E-state index contributed by atoms with van der Waals surface area (Å²) in [5.41, 5.74) is 0. The van der Waals surface area contributed by atoms with Gasteiger partial charge in [-0.1, -0.05) is 0 Å². The minimum atomic E-state index is -0.272. The standard InChI is InChI=1S/C11H17NO4/c1-8(13)16-10-3-2-4-12(5-10)11(14)9-6-15-7-9/h9-10H,2-7H2,1H3. The fourth-order valence-electron chi connectivity index (χ4n) is 2.11. The van der Waals surface area contributed by atoms with E-state index in [1.165, 1.54) is 6.92 Å². The van der Waals surface area contributed by atoms with Gasteiger partial charge in [0.15, 0.2) is 0 Å². The molecule has 1 unspecified atom stereocenters. The Bertz CT molecular complexity index is 288. The van der Waals surface area contributed by atoms with Gasteiger partial charge in [0.05, 0.1) is 25.7 Å². The maximum absolute atomic E-state index is 11.9. The van der Waals surface area contributed by atoms with Crippen LogP contribution in [-0.2, 0) is 19.1 Å². The van der Waals surface area contributed by atoms with Crippen molar-refractivity contribution in [2.45, 2.75) is 25.9 Å². The second kappa shape index (κ2) is 4.82. The molecule has 2 rings (SSSR count). The van der Waals surface area contributed by atoms with Crippen LogP contribution in [0.15, 0.2) is 0 Å². The molecule has 2 heterocycles. The zero-order valence-corrected chi connectivity index (χ0v) is 9.48. The number of ether oxygens (including phenoxy) is 2. The summed E-state index contributed by atoms with van der Waals surface area (Å²) in [4.78, 5) is 24.6. The van der Waals surface area contributed by atoms with Crippen LogP contribution in [0.2, 0.25) is 0 Å². The predicted octanol–water partition coefficient (Wildman–Crippen LogP) is 0.187. The number of carbonyl (C=O) groups is 2. The molecule has 0 spiro atoms. The fraction of sp³-hybridized carbons (Fsp3) is 0.818. The van der Waals surface area contributed by atoms with Gasteiger partial charge in [0.2, 0.25) is 5.91 Å². The predicted molar refractivity (Wildman–Crippen MR) is 55.7 cm³/mol. The zero-order valence-electron chi connectivity index (χ0n) is 9.48. The maximum atomic E-state index is 11.9. The third-order valence-corrected chi connectivity index (χ3v) is 3.01. The first kappa shape index (κ1) is 11.4. The van der Waals surface area contributed by atoms with E-state index in [2.05, 4.69) is 0 Å². The Hall–Kier alpha value is -1.10. The lowest BCUT2D eigenvalue weighted by Crippen LogP contribution is -2.50. The number of likely N-dealkylation sites (tertiary alicyclic amines) is 1. The molecule has 0 aromatic heterocycles. The molecule has 16 heavy (non-hydrogen) atoms. The van der Waals surface area contributed by atoms with Gasteiger partial charge in [-0.05, 0) is 12.8 Å². The van der Waals surface area contributed by atoms with E-state index in [-0.39, 0.29) is 23.9 Å². The molecule has 2 aliphatic rings. The number of esters is 1. The lowest BCUT2D eigenvalue weighted by atomic mass is 10.0. The summed E-state index contributed by atoms with van der Waals surface area (Å²) in [7, 11) is 0. The highest BCUT2D eigenvalue weighted by molar-refractivity contribution is 5.80. The van der Waals surface area contributed by atoms with Crippen LogP contribution in [-0.4, -0.2) is 49.2 Å². The first-order valence-corrected chi connectivity index (χ1v) is 5.70. The lowest BCUT2D eigenvalue weighted by molar-refractivity contribution is -0.159. The molecule has 0 aromatic carbocycles. The van der Waals surface area contributed by atoms with E-state index in [0.29, 0.717) is 19.8 Å². The molecule has 0 N–H and O–H groups in total. The number of hydrogen-bond donors (Lipinski definition) is 0. The largest absolute Gasteiger partial charge is 0.461 e. The van der Waals surface area contributed by atoms with Crippen molar-refractivity contribution in [2.24, 2.45) is 5.92 Å². The third-order valence-electron chi connectivity index (χ3n) is 3.01. The minimum absolute atomic E-state index is 0.0241. The number of piperidine rings is 1. The van der Waals surface area contributed by atoms with Crippen LogP contribution >= 0.6 is 0 Å². The van der Waals surface area contributed by atoms with Crippen molar-refractivity contribution < 1.29 is 19.1 Å². The maximum Gasteiger partial charge on any atom is 0.302 e. The van der Waals surface area contributed by atoms with Gasteiger partial charge < -0.3 is 14.4 Å². The molecule has 5 nitrogen and oxygen atoms in total. The van der Waals surface area contributed by atoms with Crippen molar-refractivity contribution in [3.05, 3.63) is 0 Å². The van der Waals surface area contributed by atoms with Gasteiger partial charge in [0.1, 0.15) is 6.10 Å². The van der Waals surface area contributed by atoms with Crippen LogP contribution in [0.1, 0.15) is 19.8 Å². The van der Waals surface area contributed by atoms with Gasteiger partial charge in [-0.25, -0.2) is 0 Å². The molecule has 1 amide bonds. The van der Waals surface area contributed by atoms with Crippen molar-refractivity contribution in [3.8, 4) is 0 Å². The second-order valence-corrected chi connectivity index (χ2v) is 4.39. The quantitative estimate of drug-likeness (QED) is 0.632. The molecule has 0 bridgehead atoms. The average molecular weight is 227 g/mol. The topological polar surface area (TPSA) is 55.8 Å². The zero-order chi connectivity index (χ0) is 11.5. The van der Waals surface area contributed by atoms with Gasteiger partial charge in [0, 0.05) is 13.5 Å². The molecular formula is C11H17NO4. The van der Waals surface area contributed by atoms with Crippen molar-refractivity contribution >= 4 is 11.9 Å². The van der Waals surface area contributed by atoms with Crippen LogP contribution in [0.3, 0.4) is 0 Å². The van der Waals surface area contributed by atoms with Crippen molar-refractivity contribution in [2.75, 3.05) is 26.3 Å². The smallest absolute Gasteiger partial charge is 0.302 e. The summed E-state index contributed by atoms with van der Waals surface area (Å²) in [6, 6.07) is 0. The average Bonchev–Trinajstić information content (AvgIpc) is 2.14. The molecule has 0 saturated carbocycles. The Balaban J connectivity index is 1.85.